The highest BCUT2D eigenvalue weighted by Gasteiger charge is 2.28. The lowest BCUT2D eigenvalue weighted by atomic mass is 9.78. The van der Waals surface area contributed by atoms with E-state index in [1.165, 1.54) is 71.0 Å². The first-order chi connectivity index (χ1) is 8.79. The van der Waals surface area contributed by atoms with E-state index in [1.54, 1.807) is 0 Å². The molecule has 1 saturated carbocycles. The van der Waals surface area contributed by atoms with Gasteiger partial charge < -0.3 is 10.2 Å². The van der Waals surface area contributed by atoms with Crippen LogP contribution < -0.4 is 5.32 Å². The molecule has 0 spiro atoms. The van der Waals surface area contributed by atoms with Crippen LogP contribution in [0.1, 0.15) is 58.3 Å². The van der Waals surface area contributed by atoms with Crippen molar-refractivity contribution in [1.82, 2.24) is 10.2 Å². The lowest BCUT2D eigenvalue weighted by molar-refractivity contribution is 0.141. The molecular weight excluding hydrogens is 220 g/mol. The zero-order valence-electron chi connectivity index (χ0n) is 12.5. The number of hydrogen-bond acceptors (Lipinski definition) is 2. The van der Waals surface area contributed by atoms with Gasteiger partial charge in [0.05, 0.1) is 0 Å². The van der Waals surface area contributed by atoms with Gasteiger partial charge in [-0.2, -0.15) is 0 Å². The Morgan fingerprint density at radius 1 is 1.00 bits per heavy atom. The van der Waals surface area contributed by atoms with Gasteiger partial charge in [0.1, 0.15) is 0 Å². The third-order valence-electron chi connectivity index (χ3n) is 5.06. The molecule has 2 rings (SSSR count). The summed E-state index contributed by atoms with van der Waals surface area (Å²) >= 11 is 0. The van der Waals surface area contributed by atoms with Gasteiger partial charge >= 0.3 is 0 Å². The van der Waals surface area contributed by atoms with Crippen LogP contribution in [0, 0.1) is 11.8 Å². The third-order valence-corrected chi connectivity index (χ3v) is 5.06. The van der Waals surface area contributed by atoms with Gasteiger partial charge in [0.2, 0.25) is 0 Å². The largest absolute Gasteiger partial charge is 0.317 e. The minimum atomic E-state index is 0.770. The van der Waals surface area contributed by atoms with Crippen LogP contribution in [0.5, 0.6) is 0 Å². The second-order valence-electron chi connectivity index (χ2n) is 6.64. The Balaban J connectivity index is 1.84. The van der Waals surface area contributed by atoms with Crippen LogP contribution in [0.3, 0.4) is 0 Å². The molecule has 1 aliphatic heterocycles. The second kappa shape index (κ2) is 7.49. The SMILES string of the molecule is CNC1CCC(C)CC1CN1CCCCCCC1. The monoisotopic (exact) mass is 252 g/mol. The molecule has 3 atom stereocenters. The topological polar surface area (TPSA) is 15.3 Å². The maximum absolute atomic E-state index is 3.57. The molecule has 18 heavy (non-hydrogen) atoms. The van der Waals surface area contributed by atoms with Gasteiger partial charge in [-0.3, -0.25) is 0 Å². The lowest BCUT2D eigenvalue weighted by Crippen LogP contribution is -2.45. The second-order valence-corrected chi connectivity index (χ2v) is 6.64. The summed E-state index contributed by atoms with van der Waals surface area (Å²) in [5.74, 6) is 1.83. The van der Waals surface area contributed by atoms with E-state index in [2.05, 4.69) is 24.2 Å². The van der Waals surface area contributed by atoms with Crippen molar-refractivity contribution < 1.29 is 0 Å². The maximum atomic E-state index is 3.57. The number of nitrogens with one attached hydrogen (secondary N) is 1. The van der Waals surface area contributed by atoms with Crippen molar-refractivity contribution in [2.45, 2.75) is 64.3 Å². The predicted octanol–water partition coefficient (Wildman–Crippen LogP) is 3.28. The van der Waals surface area contributed by atoms with E-state index in [0.717, 1.165) is 17.9 Å². The fraction of sp³-hybridized carbons (Fsp3) is 1.00. The van der Waals surface area contributed by atoms with Gasteiger partial charge in [-0.1, -0.05) is 26.2 Å². The van der Waals surface area contributed by atoms with E-state index in [9.17, 15) is 0 Å². The molecule has 0 aromatic rings. The summed E-state index contributed by atoms with van der Waals surface area (Å²) in [6.45, 7) is 6.48. The Kier molecular flexibility index (Phi) is 5.97. The summed E-state index contributed by atoms with van der Waals surface area (Å²) in [6, 6.07) is 0.770. The number of rotatable bonds is 3. The van der Waals surface area contributed by atoms with Gasteiger partial charge in [0, 0.05) is 12.6 Å². The van der Waals surface area contributed by atoms with E-state index in [0.29, 0.717) is 0 Å². The van der Waals surface area contributed by atoms with Crippen LogP contribution in [-0.4, -0.2) is 37.6 Å². The normalized spacial score (nSPS) is 36.0. The van der Waals surface area contributed by atoms with Gasteiger partial charge in [-0.25, -0.2) is 0 Å². The van der Waals surface area contributed by atoms with Crippen molar-refractivity contribution in [2.75, 3.05) is 26.7 Å². The molecule has 1 aliphatic carbocycles. The Labute approximate surface area is 114 Å². The molecule has 1 N–H and O–H groups in total. The maximum Gasteiger partial charge on any atom is 0.0105 e. The Morgan fingerprint density at radius 2 is 1.67 bits per heavy atom. The fourth-order valence-electron chi connectivity index (χ4n) is 3.91. The molecule has 0 radical (unpaired) electrons. The Hall–Kier alpha value is -0.0800. The van der Waals surface area contributed by atoms with E-state index in [1.807, 2.05) is 0 Å². The summed E-state index contributed by atoms with van der Waals surface area (Å²) in [6.07, 6.45) is 11.5. The van der Waals surface area contributed by atoms with E-state index in [4.69, 9.17) is 0 Å². The molecule has 0 aromatic carbocycles. The third kappa shape index (κ3) is 4.24. The molecule has 2 fully saturated rings. The molecule has 1 saturated heterocycles. The van der Waals surface area contributed by atoms with Crippen LogP contribution >= 0.6 is 0 Å². The first-order valence-corrected chi connectivity index (χ1v) is 8.19. The zero-order valence-corrected chi connectivity index (χ0v) is 12.5. The first kappa shape index (κ1) is 14.3. The van der Waals surface area contributed by atoms with Crippen LogP contribution in [0.4, 0.5) is 0 Å². The molecule has 106 valence electrons. The summed E-state index contributed by atoms with van der Waals surface area (Å²) in [4.78, 5) is 2.76. The van der Waals surface area contributed by atoms with E-state index < -0.39 is 0 Å². The molecule has 2 aliphatic rings. The summed E-state index contributed by atoms with van der Waals surface area (Å²) in [5.41, 5.74) is 0. The molecule has 3 unspecified atom stereocenters. The average Bonchev–Trinajstić information content (AvgIpc) is 2.33. The van der Waals surface area contributed by atoms with Gasteiger partial charge in [0.15, 0.2) is 0 Å². The molecular formula is C16H32N2. The van der Waals surface area contributed by atoms with E-state index >= 15 is 0 Å². The van der Waals surface area contributed by atoms with Gasteiger partial charge in [0.25, 0.3) is 0 Å². The minimum absolute atomic E-state index is 0.770. The summed E-state index contributed by atoms with van der Waals surface area (Å²) < 4.78 is 0. The number of nitrogens with zero attached hydrogens (tertiary/aromatic N) is 1. The smallest absolute Gasteiger partial charge is 0.0105 e. The quantitative estimate of drug-likeness (QED) is 0.829. The Morgan fingerprint density at radius 3 is 2.33 bits per heavy atom. The average molecular weight is 252 g/mol. The van der Waals surface area contributed by atoms with Crippen molar-refractivity contribution >= 4 is 0 Å². The van der Waals surface area contributed by atoms with E-state index in [-0.39, 0.29) is 0 Å². The van der Waals surface area contributed by atoms with Crippen LogP contribution in [-0.2, 0) is 0 Å². The van der Waals surface area contributed by atoms with Crippen LogP contribution in [0.2, 0.25) is 0 Å². The highest BCUT2D eigenvalue weighted by Crippen LogP contribution is 2.30. The van der Waals surface area contributed by atoms with Gasteiger partial charge in [-0.05, 0) is 64.1 Å². The van der Waals surface area contributed by atoms with Crippen molar-refractivity contribution in [1.29, 1.82) is 0 Å². The predicted molar refractivity (Wildman–Crippen MR) is 78.9 cm³/mol. The summed E-state index contributed by atoms with van der Waals surface area (Å²) in [7, 11) is 2.15. The van der Waals surface area contributed by atoms with Crippen molar-refractivity contribution in [3.8, 4) is 0 Å². The van der Waals surface area contributed by atoms with Crippen molar-refractivity contribution in [2.24, 2.45) is 11.8 Å². The molecule has 2 nitrogen and oxygen atoms in total. The highest BCUT2D eigenvalue weighted by molar-refractivity contribution is 4.85. The molecule has 2 heteroatoms. The summed E-state index contributed by atoms with van der Waals surface area (Å²) in [5, 5.41) is 3.57. The first-order valence-electron chi connectivity index (χ1n) is 8.19. The van der Waals surface area contributed by atoms with Gasteiger partial charge in [-0.15, -0.1) is 0 Å². The highest BCUT2D eigenvalue weighted by atomic mass is 15.1. The van der Waals surface area contributed by atoms with Crippen LogP contribution in [0.25, 0.3) is 0 Å². The Bertz CT molecular complexity index is 221. The standard InChI is InChI=1S/C16H32N2/c1-14-8-9-16(17-2)15(12-14)13-18-10-6-4-3-5-7-11-18/h14-17H,3-13H2,1-2H3. The zero-order chi connectivity index (χ0) is 12.8. The molecule has 1 heterocycles. The molecule has 0 amide bonds. The fourth-order valence-corrected chi connectivity index (χ4v) is 3.91. The number of likely N-dealkylation sites (tertiary alicyclic amines) is 1. The van der Waals surface area contributed by atoms with Crippen molar-refractivity contribution in [3.63, 3.8) is 0 Å². The van der Waals surface area contributed by atoms with Crippen molar-refractivity contribution in [3.05, 3.63) is 0 Å². The lowest BCUT2D eigenvalue weighted by Gasteiger charge is -2.38. The minimum Gasteiger partial charge on any atom is -0.317 e. The van der Waals surface area contributed by atoms with Crippen LogP contribution in [0.15, 0.2) is 0 Å². The number of hydrogen-bond donors (Lipinski definition) is 1. The molecule has 0 aromatic heterocycles. The molecule has 0 bridgehead atoms.